The predicted molar refractivity (Wildman–Crippen MR) is 83.6 cm³/mol. The lowest BCUT2D eigenvalue weighted by atomic mass is 10.1. The highest BCUT2D eigenvalue weighted by Crippen LogP contribution is 2.17. The molecule has 0 radical (unpaired) electrons. The molecule has 1 aromatic carbocycles. The average Bonchev–Trinajstić information content (AvgIpc) is 2.93. The van der Waals surface area contributed by atoms with Gasteiger partial charge in [0.2, 0.25) is 0 Å². The normalized spacial score (nSPS) is 15.9. The maximum atomic E-state index is 13.9. The lowest BCUT2D eigenvalue weighted by Gasteiger charge is -2.34. The number of rotatable bonds is 3. The second kappa shape index (κ2) is 6.64. The van der Waals surface area contributed by atoms with Crippen LogP contribution in [0.3, 0.4) is 0 Å². The smallest absolute Gasteiger partial charge is 0.256 e. The van der Waals surface area contributed by atoms with Crippen LogP contribution in [0.25, 0.3) is 0 Å². The van der Waals surface area contributed by atoms with Gasteiger partial charge in [-0.05, 0) is 18.2 Å². The Kier molecular flexibility index (Phi) is 4.58. The van der Waals surface area contributed by atoms with Gasteiger partial charge < -0.3 is 4.90 Å². The molecule has 1 aromatic heterocycles. The number of halogens is 2. The predicted octanol–water partition coefficient (Wildman–Crippen LogP) is 1.57. The minimum absolute atomic E-state index is 0.0682. The van der Waals surface area contributed by atoms with Gasteiger partial charge in [-0.15, -0.1) is 5.10 Å². The van der Waals surface area contributed by atoms with Gasteiger partial charge in [0.1, 0.15) is 5.82 Å². The molecule has 122 valence electrons. The first-order valence-corrected chi connectivity index (χ1v) is 7.72. The van der Waals surface area contributed by atoms with Gasteiger partial charge in [-0.1, -0.05) is 16.8 Å². The summed E-state index contributed by atoms with van der Waals surface area (Å²) in [7, 11) is 1.85. The molecule has 0 atom stereocenters. The lowest BCUT2D eigenvalue weighted by Crippen LogP contribution is -2.48. The largest absolute Gasteiger partial charge is 0.336 e. The van der Waals surface area contributed by atoms with Crippen LogP contribution in [0, 0.1) is 5.82 Å². The molecular formula is C15H17ClFN5O. The van der Waals surface area contributed by atoms with Gasteiger partial charge in [0, 0.05) is 44.8 Å². The van der Waals surface area contributed by atoms with E-state index in [9.17, 15) is 9.18 Å². The first-order valence-electron chi connectivity index (χ1n) is 7.35. The molecule has 6 nitrogen and oxygen atoms in total. The number of benzene rings is 1. The van der Waals surface area contributed by atoms with Gasteiger partial charge in [-0.3, -0.25) is 14.4 Å². The number of nitrogens with zero attached hydrogens (tertiary/aromatic N) is 5. The first kappa shape index (κ1) is 15.9. The second-order valence-electron chi connectivity index (χ2n) is 5.54. The highest BCUT2D eigenvalue weighted by atomic mass is 35.5. The summed E-state index contributed by atoms with van der Waals surface area (Å²) in [4.78, 5) is 16.3. The van der Waals surface area contributed by atoms with E-state index in [1.165, 1.54) is 18.2 Å². The number of carbonyl (C=O) groups excluding carboxylic acids is 1. The molecule has 2 aromatic rings. The van der Waals surface area contributed by atoms with Crippen molar-refractivity contribution in [3.63, 3.8) is 0 Å². The standard InChI is InChI=1S/C15H17ClFN5O/c1-20-12(9-18-19-20)10-21-4-6-22(7-5-21)15(23)13-3-2-11(16)8-14(13)17/h2-3,8-9H,4-7,10H2,1H3. The zero-order valence-corrected chi connectivity index (χ0v) is 13.5. The van der Waals surface area contributed by atoms with E-state index < -0.39 is 5.82 Å². The molecule has 0 unspecified atom stereocenters. The minimum atomic E-state index is -0.578. The SMILES string of the molecule is Cn1nncc1CN1CCN(C(=O)c2ccc(Cl)cc2F)CC1. The molecule has 2 heterocycles. The molecule has 0 spiro atoms. The van der Waals surface area contributed by atoms with Gasteiger partial charge in [-0.2, -0.15) is 0 Å². The molecule has 1 aliphatic rings. The number of aromatic nitrogens is 3. The second-order valence-corrected chi connectivity index (χ2v) is 5.98. The highest BCUT2D eigenvalue weighted by Gasteiger charge is 2.24. The average molecular weight is 338 g/mol. The molecule has 1 aliphatic heterocycles. The Hall–Kier alpha value is -1.99. The molecule has 3 rings (SSSR count). The van der Waals surface area contributed by atoms with E-state index in [0.717, 1.165) is 25.3 Å². The zero-order chi connectivity index (χ0) is 16.4. The number of amides is 1. The third-order valence-electron chi connectivity index (χ3n) is 4.01. The lowest BCUT2D eigenvalue weighted by molar-refractivity contribution is 0.0621. The zero-order valence-electron chi connectivity index (χ0n) is 12.7. The number of carbonyl (C=O) groups is 1. The molecular weight excluding hydrogens is 321 g/mol. The molecule has 1 fully saturated rings. The van der Waals surface area contributed by atoms with Crippen LogP contribution in [0.4, 0.5) is 4.39 Å². The van der Waals surface area contributed by atoms with Crippen molar-refractivity contribution >= 4 is 17.5 Å². The van der Waals surface area contributed by atoms with Crippen LogP contribution in [-0.2, 0) is 13.6 Å². The van der Waals surface area contributed by atoms with Gasteiger partial charge >= 0.3 is 0 Å². The van der Waals surface area contributed by atoms with E-state index in [1.54, 1.807) is 15.8 Å². The number of hydrogen-bond acceptors (Lipinski definition) is 4. The molecule has 8 heteroatoms. The molecule has 0 N–H and O–H groups in total. The number of aryl methyl sites for hydroxylation is 1. The molecule has 0 aliphatic carbocycles. The summed E-state index contributed by atoms with van der Waals surface area (Å²) >= 11 is 5.72. The Labute approximate surface area is 138 Å². The molecule has 1 saturated heterocycles. The molecule has 23 heavy (non-hydrogen) atoms. The van der Waals surface area contributed by atoms with Crippen molar-refractivity contribution in [2.45, 2.75) is 6.54 Å². The fraction of sp³-hybridized carbons (Fsp3) is 0.400. The topological polar surface area (TPSA) is 54.3 Å². The molecule has 1 amide bonds. The van der Waals surface area contributed by atoms with E-state index in [-0.39, 0.29) is 16.5 Å². The Balaban J connectivity index is 1.60. The van der Waals surface area contributed by atoms with Gasteiger partial charge in [0.15, 0.2) is 0 Å². The van der Waals surface area contributed by atoms with Crippen LogP contribution in [0.5, 0.6) is 0 Å². The van der Waals surface area contributed by atoms with E-state index >= 15 is 0 Å². The van der Waals surface area contributed by atoms with Crippen molar-refractivity contribution in [2.24, 2.45) is 7.05 Å². The summed E-state index contributed by atoms with van der Waals surface area (Å²) in [6.45, 7) is 3.32. The van der Waals surface area contributed by atoms with Crippen LogP contribution < -0.4 is 0 Å². The van der Waals surface area contributed by atoms with Crippen molar-refractivity contribution in [1.29, 1.82) is 0 Å². The molecule has 0 saturated carbocycles. The van der Waals surface area contributed by atoms with Crippen LogP contribution >= 0.6 is 11.6 Å². The van der Waals surface area contributed by atoms with E-state index in [4.69, 9.17) is 11.6 Å². The number of piperazine rings is 1. The van der Waals surface area contributed by atoms with Crippen molar-refractivity contribution < 1.29 is 9.18 Å². The number of hydrogen-bond donors (Lipinski definition) is 0. The summed E-state index contributed by atoms with van der Waals surface area (Å²) in [5, 5.41) is 8.05. The Morgan fingerprint density at radius 2 is 2.04 bits per heavy atom. The van der Waals surface area contributed by atoms with Crippen molar-refractivity contribution in [1.82, 2.24) is 24.8 Å². The van der Waals surface area contributed by atoms with Crippen molar-refractivity contribution in [3.05, 3.63) is 46.5 Å². The third-order valence-corrected chi connectivity index (χ3v) is 4.25. The Bertz CT molecular complexity index is 712. The summed E-state index contributed by atoms with van der Waals surface area (Å²) in [5.74, 6) is -0.869. The fourth-order valence-electron chi connectivity index (χ4n) is 2.63. The first-order chi connectivity index (χ1) is 11.0. The maximum absolute atomic E-state index is 13.9. The van der Waals surface area contributed by atoms with E-state index in [1.807, 2.05) is 7.05 Å². The fourth-order valence-corrected chi connectivity index (χ4v) is 2.78. The summed E-state index contributed by atoms with van der Waals surface area (Å²) in [6.07, 6.45) is 1.74. The van der Waals surface area contributed by atoms with Crippen LogP contribution in [-0.4, -0.2) is 56.9 Å². The van der Waals surface area contributed by atoms with E-state index in [2.05, 4.69) is 15.2 Å². The maximum Gasteiger partial charge on any atom is 0.256 e. The third kappa shape index (κ3) is 3.51. The summed E-state index contributed by atoms with van der Waals surface area (Å²) in [5.41, 5.74) is 1.09. The quantitative estimate of drug-likeness (QED) is 0.853. The van der Waals surface area contributed by atoms with Gasteiger partial charge in [-0.25, -0.2) is 4.39 Å². The summed E-state index contributed by atoms with van der Waals surface area (Å²) in [6, 6.07) is 4.14. The van der Waals surface area contributed by atoms with E-state index in [0.29, 0.717) is 13.1 Å². The highest BCUT2D eigenvalue weighted by molar-refractivity contribution is 6.30. The minimum Gasteiger partial charge on any atom is -0.336 e. The van der Waals surface area contributed by atoms with Crippen molar-refractivity contribution in [3.8, 4) is 0 Å². The van der Waals surface area contributed by atoms with Crippen LogP contribution in [0.15, 0.2) is 24.4 Å². The monoisotopic (exact) mass is 337 g/mol. The van der Waals surface area contributed by atoms with Crippen LogP contribution in [0.1, 0.15) is 16.1 Å². The molecule has 0 bridgehead atoms. The Morgan fingerprint density at radius 3 is 2.65 bits per heavy atom. The van der Waals surface area contributed by atoms with Crippen molar-refractivity contribution in [2.75, 3.05) is 26.2 Å². The van der Waals surface area contributed by atoms with Gasteiger partial charge in [0.05, 0.1) is 17.5 Å². The summed E-state index contributed by atoms with van der Waals surface area (Å²) < 4.78 is 15.6. The van der Waals surface area contributed by atoms with Crippen LogP contribution in [0.2, 0.25) is 5.02 Å². The van der Waals surface area contributed by atoms with Gasteiger partial charge in [0.25, 0.3) is 5.91 Å². The Morgan fingerprint density at radius 1 is 1.30 bits per heavy atom.